The molecule has 0 amide bonds. The third kappa shape index (κ3) is 1520. The summed E-state index contributed by atoms with van der Waals surface area (Å²) in [7, 11) is -5.30. The predicted octanol–water partition coefficient (Wildman–Crippen LogP) is -4.58. The normalized spacial score (nSPS) is 5.67. The van der Waals surface area contributed by atoms with Crippen LogP contribution in [-0.2, 0) is 4.46 Å². The van der Waals surface area contributed by atoms with Crippen LogP contribution in [0.25, 0.3) is 0 Å². The van der Waals surface area contributed by atoms with Gasteiger partial charge in [0, 0.05) is 0 Å². The van der Waals surface area contributed by atoms with E-state index in [1.807, 2.05) is 0 Å². The fourth-order valence-electron chi connectivity index (χ4n) is 0. The van der Waals surface area contributed by atoms with Crippen LogP contribution in [0.4, 0.5) is 0 Å². The molecule has 9 heteroatoms. The zero-order chi connectivity index (χ0) is 7.15. The van der Waals surface area contributed by atoms with Gasteiger partial charge in [-0.15, -0.1) is 0 Å². The Labute approximate surface area is 73.0 Å². The molecule has 0 atom stereocenters. The third-order valence-corrected chi connectivity index (χ3v) is 0. The number of rotatable bonds is 0. The summed E-state index contributed by atoms with van der Waals surface area (Å²) < 4.78 is 8.74. The molecule has 0 aliphatic carbocycles. The van der Waals surface area contributed by atoms with Gasteiger partial charge in [-0.2, -0.15) is 0 Å². The van der Waals surface area contributed by atoms with Gasteiger partial charge in [-0.1, -0.05) is 0 Å². The second-order valence-corrected chi connectivity index (χ2v) is 1.19. The molecule has 0 saturated carbocycles. The summed E-state index contributed by atoms with van der Waals surface area (Å²) in [5.74, 6) is 0. The Morgan fingerprint density at radius 2 is 1.11 bits per heavy atom. The molecule has 0 heterocycles. The summed E-state index contributed by atoms with van der Waals surface area (Å²) in [5.41, 5.74) is 0. The van der Waals surface area contributed by atoms with Crippen LogP contribution in [0.2, 0.25) is 0 Å². The second-order valence-electron chi connectivity index (χ2n) is 0.629. The van der Waals surface area contributed by atoms with Crippen molar-refractivity contribution >= 4 is 43.8 Å². The van der Waals surface area contributed by atoms with Crippen molar-refractivity contribution in [2.75, 3.05) is 0 Å². The van der Waals surface area contributed by atoms with Gasteiger partial charge < -0.3 is 24.7 Å². The van der Waals surface area contributed by atoms with E-state index in [1.54, 1.807) is 0 Å². The first-order chi connectivity index (χ1) is 3.46. The van der Waals surface area contributed by atoms with Gasteiger partial charge in [0.1, 0.15) is 0 Å². The summed E-state index contributed by atoms with van der Waals surface area (Å²) in [5, 5.41) is 21.5. The molecule has 0 aromatic carbocycles. The molecule has 0 bridgehead atoms. The predicted molar refractivity (Wildman–Crippen MR) is 31.8 cm³/mol. The first kappa shape index (κ1) is 16.2. The molecule has 0 rings (SSSR count). The van der Waals surface area contributed by atoms with Crippen LogP contribution >= 0.6 is 0 Å². The standard InChI is InChI=1S/BH3O3.H2O3Si.Pb.2H/c2-1(3)4;1-4(2)3;;;/h2-4H;1-2H;;;. The zero-order valence-corrected chi connectivity index (χ0v) is 10.9. The van der Waals surface area contributed by atoms with E-state index in [2.05, 4.69) is 0 Å². The van der Waals surface area contributed by atoms with E-state index < -0.39 is 16.5 Å². The molecule has 0 fully saturated rings. The average molecular weight is 349 g/mol. The molecule has 0 spiro atoms. The van der Waals surface area contributed by atoms with Crippen molar-refractivity contribution in [1.29, 1.82) is 0 Å². The quantitative estimate of drug-likeness (QED) is 0.281. The van der Waals surface area contributed by atoms with E-state index in [0.717, 1.165) is 0 Å². The molecule has 2 radical (unpaired) electrons. The molecule has 0 saturated heterocycles. The van der Waals surface area contributed by atoms with Gasteiger partial charge in [-0.3, -0.25) is 4.46 Å². The summed E-state index contributed by atoms with van der Waals surface area (Å²) in [4.78, 5) is 14.3. The Kier molecular flexibility index (Phi) is 20.4. The average Bonchev–Trinajstić information content (AvgIpc) is 1.25. The molecule has 0 aliphatic heterocycles. The van der Waals surface area contributed by atoms with Crippen LogP contribution in [0.15, 0.2) is 0 Å². The van der Waals surface area contributed by atoms with E-state index >= 15 is 0 Å². The molecule has 0 aromatic rings. The minimum absolute atomic E-state index is 0. The Morgan fingerprint density at radius 3 is 1.11 bits per heavy atom. The SMILES string of the molecule is O=[Si](O)O.OB(O)O.[PbH2]. The van der Waals surface area contributed by atoms with Gasteiger partial charge >= 0.3 is 43.8 Å². The topological polar surface area (TPSA) is 118 Å². The van der Waals surface area contributed by atoms with Crippen molar-refractivity contribution in [3.63, 3.8) is 0 Å². The summed E-state index contributed by atoms with van der Waals surface area (Å²) >= 11 is 0. The van der Waals surface area contributed by atoms with Crippen molar-refractivity contribution in [3.8, 4) is 0 Å². The van der Waals surface area contributed by atoms with Crippen molar-refractivity contribution in [2.24, 2.45) is 0 Å². The third-order valence-electron chi connectivity index (χ3n) is 0. The van der Waals surface area contributed by atoms with Crippen molar-refractivity contribution in [3.05, 3.63) is 0 Å². The second kappa shape index (κ2) is 11.3. The Hall–Kier alpha value is 0.484. The van der Waals surface area contributed by atoms with Crippen molar-refractivity contribution < 1.29 is 29.1 Å². The molecule has 54 valence electrons. The molecule has 0 aliphatic rings. The maximum absolute atomic E-state index is 8.74. The van der Waals surface area contributed by atoms with E-state index in [0.29, 0.717) is 0 Å². The van der Waals surface area contributed by atoms with E-state index in [9.17, 15) is 0 Å². The number of hydrogen-bond donors (Lipinski definition) is 5. The maximum atomic E-state index is 8.74. The van der Waals surface area contributed by atoms with Gasteiger partial charge in [0.25, 0.3) is 0 Å². The van der Waals surface area contributed by atoms with E-state index in [4.69, 9.17) is 29.1 Å². The fraction of sp³-hybridized carbons (Fsp3) is 0. The number of hydrogen-bond acceptors (Lipinski definition) is 4. The molecule has 5 N–H and O–H groups in total. The Morgan fingerprint density at radius 1 is 1.11 bits per heavy atom. The molecule has 9 heavy (non-hydrogen) atoms. The van der Waals surface area contributed by atoms with Gasteiger partial charge in [-0.25, -0.2) is 0 Å². The zero-order valence-electron chi connectivity index (χ0n) is 4.43. The van der Waals surface area contributed by atoms with Gasteiger partial charge in [0.05, 0.1) is 0 Å². The minimum atomic E-state index is -3.13. The Bertz CT molecular complexity index is 57.3. The first-order valence-corrected chi connectivity index (χ1v) is 2.73. The first-order valence-electron chi connectivity index (χ1n) is 1.43. The molecular formula is H7BO6PbSi. The van der Waals surface area contributed by atoms with Crippen molar-refractivity contribution in [2.45, 2.75) is 0 Å². The fourth-order valence-corrected chi connectivity index (χ4v) is 0. The van der Waals surface area contributed by atoms with E-state index in [1.165, 1.54) is 0 Å². The van der Waals surface area contributed by atoms with Gasteiger partial charge in [0.15, 0.2) is 0 Å². The summed E-state index contributed by atoms with van der Waals surface area (Å²) in [6.07, 6.45) is 0. The molecule has 0 unspecified atom stereocenters. The molecular weight excluding hydrogens is 342 g/mol. The van der Waals surface area contributed by atoms with Gasteiger partial charge in [0.2, 0.25) is 0 Å². The van der Waals surface area contributed by atoms with Crippen molar-refractivity contribution in [1.82, 2.24) is 0 Å². The molecule has 0 aromatic heterocycles. The summed E-state index contributed by atoms with van der Waals surface area (Å²) in [6, 6.07) is 0. The van der Waals surface area contributed by atoms with Gasteiger partial charge in [-0.05, 0) is 0 Å². The summed E-state index contributed by atoms with van der Waals surface area (Å²) in [6.45, 7) is 0. The Balaban J connectivity index is -0.0000000720. The van der Waals surface area contributed by atoms with E-state index in [-0.39, 0.29) is 27.3 Å². The van der Waals surface area contributed by atoms with Crippen LogP contribution in [0.5, 0.6) is 0 Å². The molecule has 6 nitrogen and oxygen atoms in total. The van der Waals surface area contributed by atoms with Crippen LogP contribution in [-0.4, -0.2) is 68.5 Å². The van der Waals surface area contributed by atoms with Crippen LogP contribution < -0.4 is 0 Å². The van der Waals surface area contributed by atoms with Crippen LogP contribution in [0, 0.1) is 0 Å². The van der Waals surface area contributed by atoms with Crippen LogP contribution in [0.1, 0.15) is 0 Å². The monoisotopic (exact) mass is 350 g/mol. The van der Waals surface area contributed by atoms with Crippen LogP contribution in [0.3, 0.4) is 0 Å².